The summed E-state index contributed by atoms with van der Waals surface area (Å²) in [6.45, 7) is 7.58. The zero-order valence-corrected chi connectivity index (χ0v) is 15.7. The van der Waals surface area contributed by atoms with Crippen LogP contribution < -0.4 is 0 Å². The highest BCUT2D eigenvalue weighted by molar-refractivity contribution is 7.90. The molecule has 3 aliphatic rings. The van der Waals surface area contributed by atoms with Gasteiger partial charge < -0.3 is 9.64 Å². The van der Waals surface area contributed by atoms with Crippen molar-refractivity contribution in [3.63, 3.8) is 0 Å². The Morgan fingerprint density at radius 1 is 1.08 bits per heavy atom. The van der Waals surface area contributed by atoms with E-state index in [-0.39, 0.29) is 0 Å². The molecule has 0 N–H and O–H groups in total. The van der Waals surface area contributed by atoms with Gasteiger partial charge in [0.05, 0.1) is 17.6 Å². The van der Waals surface area contributed by atoms with E-state index in [2.05, 4.69) is 9.80 Å². The summed E-state index contributed by atoms with van der Waals surface area (Å²) in [6, 6.07) is 7.31. The highest BCUT2D eigenvalue weighted by Gasteiger charge is 2.44. The maximum Gasteiger partial charge on any atom is 0.175 e. The first kappa shape index (κ1) is 17.5. The van der Waals surface area contributed by atoms with E-state index in [4.69, 9.17) is 4.74 Å². The second-order valence-electron chi connectivity index (χ2n) is 7.91. The lowest BCUT2D eigenvalue weighted by Crippen LogP contribution is -2.32. The van der Waals surface area contributed by atoms with Crippen LogP contribution in [-0.4, -0.2) is 69.9 Å². The molecule has 1 aromatic rings. The third-order valence-corrected chi connectivity index (χ3v) is 7.09. The van der Waals surface area contributed by atoms with Gasteiger partial charge >= 0.3 is 0 Å². The van der Waals surface area contributed by atoms with Crippen LogP contribution in [0.25, 0.3) is 0 Å². The monoisotopic (exact) mass is 364 g/mol. The lowest BCUT2D eigenvalue weighted by Gasteiger charge is -2.24. The number of ether oxygens (including phenoxy) is 1. The van der Waals surface area contributed by atoms with Crippen LogP contribution in [0.4, 0.5) is 0 Å². The molecule has 0 unspecified atom stereocenters. The van der Waals surface area contributed by atoms with Crippen molar-refractivity contribution >= 4 is 9.84 Å². The van der Waals surface area contributed by atoms with E-state index in [1.165, 1.54) is 44.3 Å². The maximum atomic E-state index is 11.6. The zero-order valence-electron chi connectivity index (χ0n) is 14.9. The minimum Gasteiger partial charge on any atom is -0.376 e. The Morgan fingerprint density at radius 3 is 2.48 bits per heavy atom. The van der Waals surface area contributed by atoms with Crippen molar-refractivity contribution in [3.05, 3.63) is 29.8 Å². The number of sulfone groups is 1. The Balaban J connectivity index is 1.34. The summed E-state index contributed by atoms with van der Waals surface area (Å²) in [6.07, 6.45) is 4.32. The Kier molecular flexibility index (Phi) is 4.88. The van der Waals surface area contributed by atoms with Crippen molar-refractivity contribution in [2.45, 2.75) is 30.4 Å². The van der Waals surface area contributed by atoms with Crippen LogP contribution in [-0.2, 0) is 21.1 Å². The van der Waals surface area contributed by atoms with Crippen LogP contribution in [0.3, 0.4) is 0 Å². The first-order chi connectivity index (χ1) is 12.0. The first-order valence-electron chi connectivity index (χ1n) is 9.34. The lowest BCUT2D eigenvalue weighted by atomic mass is 9.93. The molecule has 3 fully saturated rings. The van der Waals surface area contributed by atoms with Crippen LogP contribution in [0, 0.1) is 11.8 Å². The van der Waals surface area contributed by atoms with Gasteiger partial charge in [-0.2, -0.15) is 0 Å². The summed E-state index contributed by atoms with van der Waals surface area (Å²) in [5.74, 6) is 1.32. The fraction of sp³-hybridized carbons (Fsp3) is 0.684. The Morgan fingerprint density at radius 2 is 1.80 bits per heavy atom. The average molecular weight is 365 g/mol. The van der Waals surface area contributed by atoms with Crippen molar-refractivity contribution in [3.8, 4) is 0 Å². The molecular weight excluding hydrogens is 336 g/mol. The summed E-state index contributed by atoms with van der Waals surface area (Å²) in [4.78, 5) is 5.45. The smallest absolute Gasteiger partial charge is 0.175 e. The van der Waals surface area contributed by atoms with E-state index in [9.17, 15) is 8.42 Å². The molecule has 3 aliphatic heterocycles. The summed E-state index contributed by atoms with van der Waals surface area (Å²) in [5, 5.41) is 0. The maximum absolute atomic E-state index is 11.6. The minimum atomic E-state index is -3.12. The summed E-state index contributed by atoms with van der Waals surface area (Å²) in [5.41, 5.74) is 1.17. The van der Waals surface area contributed by atoms with E-state index < -0.39 is 9.84 Å². The molecule has 25 heavy (non-hydrogen) atoms. The predicted octanol–water partition coefficient (Wildman–Crippen LogP) is 1.63. The molecule has 5 nitrogen and oxygen atoms in total. The van der Waals surface area contributed by atoms with Crippen molar-refractivity contribution in [2.24, 2.45) is 11.8 Å². The molecule has 0 spiro atoms. The Labute approximate surface area is 150 Å². The van der Waals surface area contributed by atoms with Gasteiger partial charge in [-0.3, -0.25) is 4.90 Å². The van der Waals surface area contributed by atoms with Crippen LogP contribution >= 0.6 is 0 Å². The highest BCUT2D eigenvalue weighted by Crippen LogP contribution is 2.35. The molecule has 6 heteroatoms. The molecule has 0 saturated carbocycles. The van der Waals surface area contributed by atoms with Gasteiger partial charge in [-0.05, 0) is 43.6 Å². The van der Waals surface area contributed by atoms with Gasteiger partial charge in [0.1, 0.15) is 0 Å². The summed E-state index contributed by atoms with van der Waals surface area (Å²) in [7, 11) is -3.12. The molecule has 0 amide bonds. The highest BCUT2D eigenvalue weighted by atomic mass is 32.2. The molecule has 1 aromatic carbocycles. The van der Waals surface area contributed by atoms with Crippen molar-refractivity contribution < 1.29 is 13.2 Å². The van der Waals surface area contributed by atoms with Gasteiger partial charge in [0.25, 0.3) is 0 Å². The molecule has 0 radical (unpaired) electrons. The second kappa shape index (κ2) is 6.99. The van der Waals surface area contributed by atoms with Gasteiger partial charge in [0, 0.05) is 44.3 Å². The number of fused-ring (bicyclic) bond motifs is 1. The van der Waals surface area contributed by atoms with Crippen molar-refractivity contribution in [2.75, 3.05) is 45.6 Å². The van der Waals surface area contributed by atoms with Gasteiger partial charge in [0.15, 0.2) is 9.84 Å². The fourth-order valence-electron chi connectivity index (χ4n) is 4.59. The molecule has 0 bridgehead atoms. The number of rotatable bonds is 5. The molecule has 0 aliphatic carbocycles. The summed E-state index contributed by atoms with van der Waals surface area (Å²) < 4.78 is 29.2. The SMILES string of the molecule is CS(=O)(=O)c1ccc(CN2C[C@@H]3[C@H](CN4CCCC4)CO[C@@H]3C2)cc1. The quantitative estimate of drug-likeness (QED) is 0.795. The third kappa shape index (κ3) is 3.92. The average Bonchev–Trinajstić information content (AvgIpc) is 3.27. The molecular formula is C19H28N2O3S. The van der Waals surface area contributed by atoms with Crippen molar-refractivity contribution in [1.29, 1.82) is 0 Å². The third-order valence-electron chi connectivity index (χ3n) is 5.96. The van der Waals surface area contributed by atoms with E-state index in [1.54, 1.807) is 12.1 Å². The van der Waals surface area contributed by atoms with E-state index >= 15 is 0 Å². The van der Waals surface area contributed by atoms with E-state index in [0.29, 0.717) is 22.8 Å². The minimum absolute atomic E-state index is 0.378. The molecule has 3 heterocycles. The van der Waals surface area contributed by atoms with Crippen molar-refractivity contribution in [1.82, 2.24) is 9.80 Å². The number of benzene rings is 1. The number of likely N-dealkylation sites (tertiary alicyclic amines) is 2. The van der Waals surface area contributed by atoms with Gasteiger partial charge in [0.2, 0.25) is 0 Å². The fourth-order valence-corrected chi connectivity index (χ4v) is 5.22. The molecule has 3 atom stereocenters. The van der Waals surface area contributed by atoms with Crippen LogP contribution in [0.5, 0.6) is 0 Å². The predicted molar refractivity (Wildman–Crippen MR) is 97.2 cm³/mol. The normalized spacial score (nSPS) is 30.8. The largest absolute Gasteiger partial charge is 0.376 e. The lowest BCUT2D eigenvalue weighted by molar-refractivity contribution is 0.0913. The van der Waals surface area contributed by atoms with E-state index in [0.717, 1.165) is 26.2 Å². The second-order valence-corrected chi connectivity index (χ2v) is 9.93. The topological polar surface area (TPSA) is 49.9 Å². The Hall–Kier alpha value is -0.950. The molecule has 4 rings (SSSR count). The van der Waals surface area contributed by atoms with Gasteiger partial charge in [-0.25, -0.2) is 8.42 Å². The van der Waals surface area contributed by atoms with Gasteiger partial charge in [-0.15, -0.1) is 0 Å². The number of nitrogens with zero attached hydrogens (tertiary/aromatic N) is 2. The molecule has 138 valence electrons. The molecule has 0 aromatic heterocycles. The number of hydrogen-bond donors (Lipinski definition) is 0. The van der Waals surface area contributed by atoms with Crippen LogP contribution in [0.1, 0.15) is 18.4 Å². The summed E-state index contributed by atoms with van der Waals surface area (Å²) >= 11 is 0. The zero-order chi connectivity index (χ0) is 17.4. The molecule has 3 saturated heterocycles. The van der Waals surface area contributed by atoms with Crippen LogP contribution in [0.2, 0.25) is 0 Å². The number of hydrogen-bond acceptors (Lipinski definition) is 5. The first-order valence-corrected chi connectivity index (χ1v) is 11.2. The van der Waals surface area contributed by atoms with Gasteiger partial charge in [-0.1, -0.05) is 12.1 Å². The standard InChI is InChI=1S/C19H28N2O3S/c1-25(22,23)17-6-4-15(5-7-17)10-21-12-18-16(14-24-19(18)13-21)11-20-8-2-3-9-20/h4-7,16,18-19H,2-3,8-14H2,1H3/t16-,18-,19-/m1/s1. The van der Waals surface area contributed by atoms with E-state index in [1.807, 2.05) is 12.1 Å². The van der Waals surface area contributed by atoms with Crippen LogP contribution in [0.15, 0.2) is 29.2 Å². The Bertz CT molecular complexity index is 698.